The molecule has 1 N–H and O–H groups in total. The molecular formula is C25H31FN6O3. The van der Waals surface area contributed by atoms with Crippen molar-refractivity contribution in [3.8, 4) is 22.8 Å². The van der Waals surface area contributed by atoms with Crippen molar-refractivity contribution in [2.75, 3.05) is 47.0 Å². The van der Waals surface area contributed by atoms with Crippen LogP contribution in [0.3, 0.4) is 0 Å². The molecule has 10 heteroatoms. The number of piperazine rings is 1. The number of aliphatic hydroxyl groups excluding tert-OH is 1. The Morgan fingerprint density at radius 2 is 2.03 bits per heavy atom. The third-order valence-electron chi connectivity index (χ3n) is 6.98. The number of aliphatic hydroxyl groups is 1. The first kappa shape index (κ1) is 23.8. The Labute approximate surface area is 204 Å². The second-order valence-corrected chi connectivity index (χ2v) is 9.08. The molecule has 9 nitrogen and oxygen atoms in total. The summed E-state index contributed by atoms with van der Waals surface area (Å²) >= 11 is 0. The summed E-state index contributed by atoms with van der Waals surface area (Å²) in [5.41, 5.74) is 5.36. The van der Waals surface area contributed by atoms with E-state index < -0.39 is 12.0 Å². The second kappa shape index (κ2) is 9.98. The van der Waals surface area contributed by atoms with Gasteiger partial charge >= 0.3 is 0 Å². The highest BCUT2D eigenvalue weighted by Crippen LogP contribution is 2.32. The molecule has 35 heavy (non-hydrogen) atoms. The highest BCUT2D eigenvalue weighted by atomic mass is 19.1. The van der Waals surface area contributed by atoms with Gasteiger partial charge in [0.1, 0.15) is 6.23 Å². The minimum Gasteiger partial charge on any atom is -0.479 e. The fraction of sp³-hybridized carbons (Fsp3) is 0.480. The fourth-order valence-corrected chi connectivity index (χ4v) is 4.82. The molecule has 3 aromatic rings. The summed E-state index contributed by atoms with van der Waals surface area (Å²) in [6, 6.07) is 5.47. The van der Waals surface area contributed by atoms with Gasteiger partial charge in [-0.25, -0.2) is 14.1 Å². The molecule has 3 aromatic heterocycles. The maximum Gasteiger partial charge on any atom is 0.250 e. The molecule has 2 aliphatic heterocycles. The van der Waals surface area contributed by atoms with E-state index in [2.05, 4.69) is 27.9 Å². The van der Waals surface area contributed by atoms with Crippen LogP contribution in [0.4, 0.5) is 4.39 Å². The van der Waals surface area contributed by atoms with Crippen LogP contribution in [0.15, 0.2) is 30.6 Å². The molecule has 0 radical (unpaired) electrons. The number of methoxy groups -OCH3 is 1. The van der Waals surface area contributed by atoms with Crippen LogP contribution in [0.5, 0.6) is 5.88 Å². The molecule has 1 fully saturated rings. The largest absolute Gasteiger partial charge is 0.479 e. The molecule has 2 aliphatic rings. The zero-order chi connectivity index (χ0) is 24.5. The van der Waals surface area contributed by atoms with Gasteiger partial charge in [-0.15, -0.1) is 0 Å². The van der Waals surface area contributed by atoms with Gasteiger partial charge in [0.2, 0.25) is 5.88 Å². The molecule has 1 saturated heterocycles. The van der Waals surface area contributed by atoms with Crippen molar-refractivity contribution in [1.29, 1.82) is 0 Å². The van der Waals surface area contributed by atoms with Crippen LogP contribution < -0.4 is 4.74 Å². The molecule has 5 heterocycles. The minimum absolute atomic E-state index is 0.0437. The van der Waals surface area contributed by atoms with Gasteiger partial charge in [-0.3, -0.25) is 14.8 Å². The van der Waals surface area contributed by atoms with Gasteiger partial charge in [0, 0.05) is 55.5 Å². The van der Waals surface area contributed by atoms with Crippen molar-refractivity contribution in [2.45, 2.75) is 32.0 Å². The number of β-amino-alcohol motifs (C(OH)–C–C–N with tert-alkyl or cyclic N) is 1. The highest BCUT2D eigenvalue weighted by Gasteiger charge is 2.28. The van der Waals surface area contributed by atoms with Crippen molar-refractivity contribution in [3.63, 3.8) is 0 Å². The molecule has 0 saturated carbocycles. The number of nitrogens with zero attached hydrogens (tertiary/aromatic N) is 6. The van der Waals surface area contributed by atoms with E-state index in [0.29, 0.717) is 38.3 Å². The normalized spacial score (nSPS) is 20.3. The van der Waals surface area contributed by atoms with Crippen LogP contribution in [0.25, 0.3) is 16.9 Å². The third kappa shape index (κ3) is 4.66. The number of pyridine rings is 2. The molecule has 186 valence electrons. The Balaban J connectivity index is 1.52. The quantitative estimate of drug-likeness (QED) is 0.592. The topological polar surface area (TPSA) is 88.8 Å². The maximum atomic E-state index is 14.5. The Morgan fingerprint density at radius 3 is 2.80 bits per heavy atom. The van der Waals surface area contributed by atoms with Crippen LogP contribution in [0.1, 0.15) is 29.9 Å². The van der Waals surface area contributed by atoms with Gasteiger partial charge in [-0.2, -0.15) is 5.10 Å². The average molecular weight is 483 g/mol. The number of hydrogen-bond donors (Lipinski definition) is 1. The van der Waals surface area contributed by atoms with Crippen LogP contribution in [-0.4, -0.2) is 87.9 Å². The summed E-state index contributed by atoms with van der Waals surface area (Å²) in [4.78, 5) is 12.9. The molecule has 0 aromatic carbocycles. The van der Waals surface area contributed by atoms with Gasteiger partial charge in [-0.05, 0) is 32.5 Å². The lowest BCUT2D eigenvalue weighted by atomic mass is 10.0. The van der Waals surface area contributed by atoms with E-state index in [1.165, 1.54) is 13.2 Å². The van der Waals surface area contributed by atoms with Gasteiger partial charge in [0.25, 0.3) is 0 Å². The number of halogens is 1. The standard InChI is InChI=1S/C25H31FN6O3/c1-16(31-9-8-30(2)23(33)15-31)21-12-17(4-7-27-21)24-19-5-10-35-11-6-22(19)32(29-24)18-13-20(26)25(34-3)28-14-18/h4,7,12-14,16,23,33H,5-6,8-11,15H2,1-3H3. The first-order chi connectivity index (χ1) is 17.0. The smallest absolute Gasteiger partial charge is 0.250 e. The number of rotatable bonds is 5. The average Bonchev–Trinajstić information content (AvgIpc) is 3.06. The Hall–Kier alpha value is -2.92. The predicted octanol–water partition coefficient (Wildman–Crippen LogP) is 2.22. The van der Waals surface area contributed by atoms with E-state index in [4.69, 9.17) is 14.6 Å². The molecule has 5 rings (SSSR count). The summed E-state index contributed by atoms with van der Waals surface area (Å²) in [7, 11) is 3.33. The van der Waals surface area contributed by atoms with Gasteiger partial charge in [0.15, 0.2) is 5.82 Å². The molecule has 0 amide bonds. The summed E-state index contributed by atoms with van der Waals surface area (Å²) in [5.74, 6) is -0.576. The highest BCUT2D eigenvalue weighted by molar-refractivity contribution is 5.65. The molecule has 2 unspecified atom stereocenters. The van der Waals surface area contributed by atoms with Crippen molar-refractivity contribution in [1.82, 2.24) is 29.5 Å². The molecule has 0 bridgehead atoms. The van der Waals surface area contributed by atoms with E-state index in [-0.39, 0.29) is 11.9 Å². The molecule has 0 spiro atoms. The number of likely N-dealkylation sites (N-methyl/N-ethyl adjacent to an activating group) is 1. The van der Waals surface area contributed by atoms with Gasteiger partial charge in [-0.1, -0.05) is 0 Å². The van der Waals surface area contributed by atoms with E-state index in [1.807, 2.05) is 18.0 Å². The lowest BCUT2D eigenvalue weighted by Crippen LogP contribution is -2.51. The Bertz CT molecular complexity index is 1200. The summed E-state index contributed by atoms with van der Waals surface area (Å²) < 4.78 is 27.0. The summed E-state index contributed by atoms with van der Waals surface area (Å²) in [6.07, 6.45) is 4.28. The zero-order valence-corrected chi connectivity index (χ0v) is 20.3. The van der Waals surface area contributed by atoms with Crippen LogP contribution in [0.2, 0.25) is 0 Å². The molecule has 0 aliphatic carbocycles. The monoisotopic (exact) mass is 482 g/mol. The van der Waals surface area contributed by atoms with E-state index in [9.17, 15) is 9.50 Å². The molecule has 2 atom stereocenters. The van der Waals surface area contributed by atoms with E-state index in [1.54, 1.807) is 17.1 Å². The first-order valence-corrected chi connectivity index (χ1v) is 11.9. The fourth-order valence-electron chi connectivity index (χ4n) is 4.82. The zero-order valence-electron chi connectivity index (χ0n) is 20.3. The summed E-state index contributed by atoms with van der Waals surface area (Å²) in [5, 5.41) is 15.2. The van der Waals surface area contributed by atoms with Gasteiger partial charge < -0.3 is 14.6 Å². The van der Waals surface area contributed by atoms with E-state index in [0.717, 1.165) is 41.3 Å². The van der Waals surface area contributed by atoms with Crippen molar-refractivity contribution in [2.24, 2.45) is 0 Å². The van der Waals surface area contributed by atoms with Crippen LogP contribution in [-0.2, 0) is 17.6 Å². The second-order valence-electron chi connectivity index (χ2n) is 9.08. The minimum atomic E-state index is -0.532. The number of fused-ring (bicyclic) bond motifs is 1. The Morgan fingerprint density at radius 1 is 1.20 bits per heavy atom. The number of hydrogen-bond acceptors (Lipinski definition) is 8. The first-order valence-electron chi connectivity index (χ1n) is 11.9. The number of ether oxygens (including phenoxy) is 2. The SMILES string of the molecule is COc1ncc(-n2nc(-c3ccnc(C(C)N4CCN(C)C(O)C4)c3)c3c2CCOCC3)cc1F. The van der Waals surface area contributed by atoms with Crippen LogP contribution >= 0.6 is 0 Å². The van der Waals surface area contributed by atoms with Gasteiger partial charge in [0.05, 0.1) is 49.3 Å². The van der Waals surface area contributed by atoms with Crippen molar-refractivity contribution in [3.05, 3.63) is 53.4 Å². The van der Waals surface area contributed by atoms with E-state index >= 15 is 0 Å². The predicted molar refractivity (Wildman–Crippen MR) is 128 cm³/mol. The maximum absolute atomic E-state index is 14.5. The van der Waals surface area contributed by atoms with Crippen LogP contribution in [0, 0.1) is 5.82 Å². The Kier molecular flexibility index (Phi) is 6.79. The third-order valence-corrected chi connectivity index (χ3v) is 6.98. The van der Waals surface area contributed by atoms with Crippen molar-refractivity contribution >= 4 is 0 Å². The van der Waals surface area contributed by atoms with Crippen molar-refractivity contribution < 1.29 is 19.0 Å². The molecular weight excluding hydrogens is 451 g/mol. The lowest BCUT2D eigenvalue weighted by molar-refractivity contribution is -0.0522. The summed E-state index contributed by atoms with van der Waals surface area (Å²) in [6.45, 7) is 5.53. The lowest BCUT2D eigenvalue weighted by Gasteiger charge is -2.39. The number of aromatic nitrogens is 4.